The SMILES string of the molecule is N[C@@H](Cc1nc[nH]c1[N+](=O)[O-])C(=O)O.O=[N+]([O-])c1ncc[nH]1. The molecule has 1 atom stereocenters. The molecule has 2 aromatic heterocycles. The zero-order valence-electron chi connectivity index (χ0n) is 10.9. The molecule has 0 fully saturated rings. The molecule has 2 rings (SSSR count). The third-order valence-electron chi connectivity index (χ3n) is 2.26. The highest BCUT2D eigenvalue weighted by molar-refractivity contribution is 5.73. The van der Waals surface area contributed by atoms with Crippen LogP contribution in [0.25, 0.3) is 0 Å². The minimum Gasteiger partial charge on any atom is -0.480 e. The van der Waals surface area contributed by atoms with Gasteiger partial charge in [-0.05, 0) is 9.85 Å². The van der Waals surface area contributed by atoms with Crippen LogP contribution >= 0.6 is 0 Å². The van der Waals surface area contributed by atoms with Gasteiger partial charge in [0.25, 0.3) is 0 Å². The Balaban J connectivity index is 0.000000255. The van der Waals surface area contributed by atoms with Crippen LogP contribution in [0.15, 0.2) is 18.7 Å². The van der Waals surface area contributed by atoms with Crippen LogP contribution in [-0.2, 0) is 11.2 Å². The molecule has 0 unspecified atom stereocenters. The van der Waals surface area contributed by atoms with Crippen molar-refractivity contribution >= 4 is 17.7 Å². The van der Waals surface area contributed by atoms with Gasteiger partial charge in [-0.25, -0.2) is 15.0 Å². The van der Waals surface area contributed by atoms with Crippen LogP contribution in [0.4, 0.5) is 11.8 Å². The molecule has 13 nitrogen and oxygen atoms in total. The van der Waals surface area contributed by atoms with E-state index in [4.69, 9.17) is 10.8 Å². The lowest BCUT2D eigenvalue weighted by atomic mass is 10.2. The van der Waals surface area contributed by atoms with Crippen LogP contribution in [-0.4, -0.2) is 46.9 Å². The molecule has 5 N–H and O–H groups in total. The molecule has 0 saturated heterocycles. The third kappa shape index (κ3) is 4.64. The second-order valence-electron chi connectivity index (χ2n) is 3.77. The predicted octanol–water partition coefficient (Wildman–Crippen LogP) is -0.410. The number of imidazole rings is 2. The largest absolute Gasteiger partial charge is 0.480 e. The van der Waals surface area contributed by atoms with E-state index in [1.165, 1.54) is 12.4 Å². The van der Waals surface area contributed by atoms with Gasteiger partial charge in [0.2, 0.25) is 0 Å². The lowest BCUT2D eigenvalue weighted by molar-refractivity contribution is -0.393. The molecule has 0 aliphatic rings. The highest BCUT2D eigenvalue weighted by Gasteiger charge is 2.21. The number of hydrogen-bond donors (Lipinski definition) is 4. The predicted molar refractivity (Wildman–Crippen MR) is 69.8 cm³/mol. The zero-order valence-corrected chi connectivity index (χ0v) is 10.9. The van der Waals surface area contributed by atoms with E-state index in [0.717, 1.165) is 6.33 Å². The molecule has 13 heteroatoms. The number of rotatable bonds is 5. The van der Waals surface area contributed by atoms with Crippen molar-refractivity contribution in [1.82, 2.24) is 19.9 Å². The number of carboxylic acids is 1. The van der Waals surface area contributed by atoms with Crippen LogP contribution in [0.1, 0.15) is 5.69 Å². The Morgan fingerprint density at radius 3 is 2.41 bits per heavy atom. The normalized spacial score (nSPS) is 11.1. The average Bonchev–Trinajstić information content (AvgIpc) is 3.10. The number of nitrogens with two attached hydrogens (primary N) is 1. The standard InChI is InChI=1S/C6H8N4O4.C3H3N3O2/c7-3(6(11)12)1-4-5(10(13)14)9-2-8-4;7-6(8)3-4-1-2-5-3/h2-3H,1,7H2,(H,8,9)(H,11,12);1-2H,(H,4,5)/t3-;/m0./s1. The molecule has 118 valence electrons. The Morgan fingerprint density at radius 1 is 1.32 bits per heavy atom. The maximum absolute atomic E-state index is 10.4. The fraction of sp³-hybridized carbons (Fsp3) is 0.222. The van der Waals surface area contributed by atoms with E-state index in [-0.39, 0.29) is 23.9 Å². The number of aromatic nitrogens is 4. The number of nitro groups is 2. The minimum atomic E-state index is -1.22. The Bertz CT molecular complexity index is 651. The van der Waals surface area contributed by atoms with Crippen LogP contribution in [0, 0.1) is 20.2 Å². The number of nitrogens with one attached hydrogen (secondary N) is 2. The molecular formula is C9H11N7O6. The fourth-order valence-corrected chi connectivity index (χ4v) is 1.28. The van der Waals surface area contributed by atoms with Gasteiger partial charge >= 0.3 is 17.7 Å². The average molecular weight is 313 g/mol. The van der Waals surface area contributed by atoms with E-state index in [0.29, 0.717) is 0 Å². The van der Waals surface area contributed by atoms with Crippen LogP contribution in [0.3, 0.4) is 0 Å². The minimum absolute atomic E-state index is 0.0462. The van der Waals surface area contributed by atoms with Crippen molar-refractivity contribution < 1.29 is 19.7 Å². The van der Waals surface area contributed by atoms with Gasteiger partial charge in [0.15, 0.2) is 6.33 Å². The maximum atomic E-state index is 10.4. The highest BCUT2D eigenvalue weighted by Crippen LogP contribution is 2.13. The smallest absolute Gasteiger partial charge is 0.432 e. The molecule has 0 spiro atoms. The lowest BCUT2D eigenvalue weighted by Crippen LogP contribution is -2.32. The van der Waals surface area contributed by atoms with E-state index in [1.54, 1.807) is 0 Å². The van der Waals surface area contributed by atoms with E-state index >= 15 is 0 Å². The number of carbonyl (C=O) groups is 1. The number of aliphatic carboxylic acids is 1. The first-order valence-corrected chi connectivity index (χ1v) is 5.61. The maximum Gasteiger partial charge on any atom is 0.432 e. The summed E-state index contributed by atoms with van der Waals surface area (Å²) in [6.07, 6.45) is 3.69. The second-order valence-corrected chi connectivity index (χ2v) is 3.77. The van der Waals surface area contributed by atoms with E-state index in [2.05, 4.69) is 19.9 Å². The van der Waals surface area contributed by atoms with Gasteiger partial charge in [-0.3, -0.25) is 4.79 Å². The first-order chi connectivity index (χ1) is 10.3. The van der Waals surface area contributed by atoms with Gasteiger partial charge in [0.1, 0.15) is 17.9 Å². The number of hydrogen-bond acceptors (Lipinski definition) is 8. The molecule has 0 amide bonds. The molecule has 0 saturated carbocycles. The van der Waals surface area contributed by atoms with Crippen molar-refractivity contribution in [2.45, 2.75) is 12.5 Å². The number of aromatic amines is 2. The molecule has 0 aliphatic carbocycles. The summed E-state index contributed by atoms with van der Waals surface area (Å²) in [5, 5.41) is 28.6. The quantitative estimate of drug-likeness (QED) is 0.417. The zero-order chi connectivity index (χ0) is 16.7. The van der Waals surface area contributed by atoms with Gasteiger partial charge in [0, 0.05) is 6.42 Å². The van der Waals surface area contributed by atoms with Gasteiger partial charge in [0.05, 0.1) is 6.20 Å². The van der Waals surface area contributed by atoms with Gasteiger partial charge in [-0.2, -0.15) is 0 Å². The molecule has 0 bridgehead atoms. The third-order valence-corrected chi connectivity index (χ3v) is 2.26. The Hall–Kier alpha value is -3.35. The van der Waals surface area contributed by atoms with Gasteiger partial charge in [-0.1, -0.05) is 4.98 Å². The summed E-state index contributed by atoms with van der Waals surface area (Å²) in [5.41, 5.74) is 5.25. The molecular weight excluding hydrogens is 302 g/mol. The summed E-state index contributed by atoms with van der Waals surface area (Å²) < 4.78 is 0. The molecule has 2 heterocycles. The fourth-order valence-electron chi connectivity index (χ4n) is 1.28. The van der Waals surface area contributed by atoms with E-state index in [1.807, 2.05) is 0 Å². The van der Waals surface area contributed by atoms with Gasteiger partial charge < -0.3 is 31.1 Å². The van der Waals surface area contributed by atoms with E-state index < -0.39 is 21.9 Å². The number of carboxylic acid groups (broad SMARTS) is 1. The monoisotopic (exact) mass is 313 g/mol. The Labute approximate surface area is 121 Å². The topological polar surface area (TPSA) is 207 Å². The van der Waals surface area contributed by atoms with Crippen molar-refractivity contribution in [3.05, 3.63) is 44.6 Å². The number of H-pyrrole nitrogens is 2. The van der Waals surface area contributed by atoms with Crippen molar-refractivity contribution in [3.63, 3.8) is 0 Å². The molecule has 2 aromatic rings. The lowest BCUT2D eigenvalue weighted by Gasteiger charge is -2.02. The van der Waals surface area contributed by atoms with Gasteiger partial charge in [-0.15, -0.1) is 0 Å². The molecule has 22 heavy (non-hydrogen) atoms. The first kappa shape index (κ1) is 16.7. The summed E-state index contributed by atoms with van der Waals surface area (Å²) >= 11 is 0. The Morgan fingerprint density at radius 2 is 2.00 bits per heavy atom. The van der Waals surface area contributed by atoms with Crippen molar-refractivity contribution in [3.8, 4) is 0 Å². The van der Waals surface area contributed by atoms with Crippen LogP contribution in [0.5, 0.6) is 0 Å². The summed E-state index contributed by atoms with van der Waals surface area (Å²) in [6.45, 7) is 0. The Kier molecular flexibility index (Phi) is 5.65. The van der Waals surface area contributed by atoms with Crippen LogP contribution < -0.4 is 5.73 Å². The molecule has 0 radical (unpaired) electrons. The summed E-state index contributed by atoms with van der Waals surface area (Å²) in [5.74, 6) is -1.76. The van der Waals surface area contributed by atoms with Crippen LogP contribution in [0.2, 0.25) is 0 Å². The first-order valence-electron chi connectivity index (χ1n) is 5.61. The summed E-state index contributed by atoms with van der Waals surface area (Å²) in [4.78, 5) is 40.9. The van der Waals surface area contributed by atoms with Crippen molar-refractivity contribution in [1.29, 1.82) is 0 Å². The second kappa shape index (κ2) is 7.44. The highest BCUT2D eigenvalue weighted by atomic mass is 16.6. The summed E-state index contributed by atoms with van der Waals surface area (Å²) in [6, 6.07) is -1.18. The summed E-state index contributed by atoms with van der Waals surface area (Å²) in [7, 11) is 0. The molecule has 0 aliphatic heterocycles. The van der Waals surface area contributed by atoms with Crippen molar-refractivity contribution in [2.24, 2.45) is 5.73 Å². The van der Waals surface area contributed by atoms with E-state index in [9.17, 15) is 25.0 Å². The van der Waals surface area contributed by atoms with Crippen molar-refractivity contribution in [2.75, 3.05) is 0 Å². The number of nitrogens with zero attached hydrogens (tertiary/aromatic N) is 4. The molecule has 0 aromatic carbocycles.